The molecule has 5 rings (SSSR count). The van der Waals surface area contributed by atoms with Gasteiger partial charge in [-0.15, -0.1) is 0 Å². The van der Waals surface area contributed by atoms with Gasteiger partial charge in [0.25, 0.3) is 5.56 Å². The first-order valence-corrected chi connectivity index (χ1v) is 9.78. The van der Waals surface area contributed by atoms with Gasteiger partial charge >= 0.3 is 0 Å². The Bertz CT molecular complexity index is 1150. The minimum atomic E-state index is -0.0959. The molecule has 0 aliphatic carbocycles. The van der Waals surface area contributed by atoms with E-state index in [-0.39, 0.29) is 5.56 Å². The Morgan fingerprint density at radius 1 is 1.07 bits per heavy atom. The van der Waals surface area contributed by atoms with Gasteiger partial charge in [0.1, 0.15) is 5.69 Å². The number of nitrogens with zero attached hydrogens (tertiary/aromatic N) is 3. The molecular formula is C22H23N5O. The van der Waals surface area contributed by atoms with E-state index in [1.165, 1.54) is 15.9 Å². The molecular weight excluding hydrogens is 350 g/mol. The highest BCUT2D eigenvalue weighted by molar-refractivity contribution is 6.00. The lowest BCUT2D eigenvalue weighted by Crippen LogP contribution is -2.28. The summed E-state index contributed by atoms with van der Waals surface area (Å²) in [7, 11) is 0. The molecule has 2 aromatic carbocycles. The van der Waals surface area contributed by atoms with Crippen LogP contribution in [0.3, 0.4) is 0 Å². The monoisotopic (exact) mass is 373 g/mol. The van der Waals surface area contributed by atoms with Crippen molar-refractivity contribution in [1.29, 1.82) is 0 Å². The molecule has 3 aliphatic heterocycles. The van der Waals surface area contributed by atoms with Gasteiger partial charge < -0.3 is 15.2 Å². The first-order chi connectivity index (χ1) is 13.7. The molecule has 0 amide bonds. The Morgan fingerprint density at radius 3 is 2.79 bits per heavy atom. The van der Waals surface area contributed by atoms with Crippen molar-refractivity contribution in [2.24, 2.45) is 0 Å². The second kappa shape index (κ2) is 6.80. The highest BCUT2D eigenvalue weighted by Crippen LogP contribution is 2.33. The fourth-order valence-electron chi connectivity index (χ4n) is 4.07. The van der Waals surface area contributed by atoms with Crippen molar-refractivity contribution in [3.8, 4) is 16.9 Å². The lowest BCUT2D eigenvalue weighted by atomic mass is 10.0. The molecule has 6 nitrogen and oxygen atoms in total. The van der Waals surface area contributed by atoms with Crippen LogP contribution in [0.1, 0.15) is 12.0 Å². The fraction of sp³-hybridized carbons (Fsp3) is 0.273. The number of aromatic amines is 1. The van der Waals surface area contributed by atoms with Crippen LogP contribution in [-0.4, -0.2) is 40.9 Å². The molecule has 2 aromatic rings. The molecule has 0 unspecified atom stereocenters. The maximum atomic E-state index is 13.0. The summed E-state index contributed by atoms with van der Waals surface area (Å²) >= 11 is 0. The third-order valence-electron chi connectivity index (χ3n) is 5.44. The van der Waals surface area contributed by atoms with Crippen LogP contribution in [0, 0.1) is 6.92 Å². The molecule has 3 aliphatic rings. The van der Waals surface area contributed by atoms with Crippen LogP contribution in [0.5, 0.6) is 0 Å². The van der Waals surface area contributed by atoms with E-state index in [2.05, 4.69) is 34.3 Å². The second-order valence-electron chi connectivity index (χ2n) is 7.40. The zero-order valence-corrected chi connectivity index (χ0v) is 15.9. The normalized spacial score (nSPS) is 15.2. The van der Waals surface area contributed by atoms with Crippen LogP contribution in [0.4, 0.5) is 5.69 Å². The minimum Gasteiger partial charge on any atom is -0.369 e. The number of rotatable bonds is 2. The number of H-pyrrole nitrogens is 1. The zero-order chi connectivity index (χ0) is 19.1. The van der Waals surface area contributed by atoms with E-state index >= 15 is 0 Å². The molecule has 0 saturated carbocycles. The molecule has 0 atom stereocenters. The van der Waals surface area contributed by atoms with Crippen molar-refractivity contribution in [1.82, 2.24) is 20.1 Å². The average molecular weight is 373 g/mol. The molecule has 0 radical (unpaired) electrons. The summed E-state index contributed by atoms with van der Waals surface area (Å²) < 4.78 is 1.50. The zero-order valence-electron chi connectivity index (χ0n) is 15.9. The number of aromatic nitrogens is 3. The van der Waals surface area contributed by atoms with Crippen LogP contribution >= 0.6 is 0 Å². The van der Waals surface area contributed by atoms with Gasteiger partial charge in [-0.2, -0.15) is 9.78 Å². The number of fused-ring (bicyclic) bond motifs is 3. The molecule has 2 N–H and O–H groups in total. The third kappa shape index (κ3) is 2.77. The largest absolute Gasteiger partial charge is 0.369 e. The van der Waals surface area contributed by atoms with Gasteiger partial charge in [-0.05, 0) is 49.7 Å². The third-order valence-corrected chi connectivity index (χ3v) is 5.44. The van der Waals surface area contributed by atoms with E-state index < -0.39 is 0 Å². The molecule has 0 spiro atoms. The molecule has 6 heteroatoms. The first kappa shape index (κ1) is 17.0. The van der Waals surface area contributed by atoms with E-state index in [9.17, 15) is 4.79 Å². The summed E-state index contributed by atoms with van der Waals surface area (Å²) in [6.07, 6.45) is 2.92. The lowest BCUT2D eigenvalue weighted by molar-refractivity contribution is 0.724. The summed E-state index contributed by atoms with van der Waals surface area (Å²) in [5, 5.41) is 9.17. The minimum absolute atomic E-state index is 0.0959. The van der Waals surface area contributed by atoms with Gasteiger partial charge in [-0.25, -0.2) is 0 Å². The number of anilines is 1. The highest BCUT2D eigenvalue weighted by atomic mass is 16.1. The fourth-order valence-corrected chi connectivity index (χ4v) is 4.07. The molecule has 1 saturated heterocycles. The average Bonchev–Trinajstić information content (AvgIpc) is 2.89. The van der Waals surface area contributed by atoms with Crippen LogP contribution < -0.4 is 15.8 Å². The van der Waals surface area contributed by atoms with Crippen molar-refractivity contribution in [3.63, 3.8) is 0 Å². The summed E-state index contributed by atoms with van der Waals surface area (Å²) in [4.78, 5) is 18.8. The van der Waals surface area contributed by atoms with E-state index in [1.807, 2.05) is 30.3 Å². The van der Waals surface area contributed by atoms with Crippen molar-refractivity contribution in [2.75, 3.05) is 31.1 Å². The van der Waals surface area contributed by atoms with Crippen molar-refractivity contribution in [3.05, 3.63) is 64.6 Å². The van der Waals surface area contributed by atoms with Gasteiger partial charge in [-0.1, -0.05) is 18.2 Å². The maximum absolute atomic E-state index is 13.0. The van der Waals surface area contributed by atoms with Gasteiger partial charge in [0.05, 0.1) is 22.5 Å². The van der Waals surface area contributed by atoms with Crippen LogP contribution in [-0.2, 0) is 0 Å². The summed E-state index contributed by atoms with van der Waals surface area (Å²) in [5.74, 6) is 0. The van der Waals surface area contributed by atoms with Gasteiger partial charge in [0.15, 0.2) is 0 Å². The SMILES string of the molecule is Cc1cc(N2CCCNCC2)c2[nH]cc3c(=O)n(-c4ccccc4)nc-3c2c1. The Kier molecular flexibility index (Phi) is 4.13. The van der Waals surface area contributed by atoms with Gasteiger partial charge in [0, 0.05) is 31.2 Å². The molecule has 0 aromatic heterocycles. The summed E-state index contributed by atoms with van der Waals surface area (Å²) in [6, 6.07) is 13.9. The van der Waals surface area contributed by atoms with Crippen LogP contribution in [0.2, 0.25) is 0 Å². The number of para-hydroxylation sites is 1. The molecule has 28 heavy (non-hydrogen) atoms. The highest BCUT2D eigenvalue weighted by Gasteiger charge is 2.22. The Morgan fingerprint density at radius 2 is 1.93 bits per heavy atom. The quantitative estimate of drug-likeness (QED) is 0.567. The predicted molar refractivity (Wildman–Crippen MR) is 113 cm³/mol. The Labute approximate surface area is 163 Å². The predicted octanol–water partition coefficient (Wildman–Crippen LogP) is 2.93. The van der Waals surface area contributed by atoms with Crippen LogP contribution in [0.15, 0.2) is 53.5 Å². The summed E-state index contributed by atoms with van der Waals surface area (Å²) in [6.45, 7) is 6.11. The van der Waals surface area contributed by atoms with Gasteiger partial charge in [0.2, 0.25) is 0 Å². The summed E-state index contributed by atoms with van der Waals surface area (Å²) in [5.41, 5.74) is 5.44. The Balaban J connectivity index is 1.74. The van der Waals surface area contributed by atoms with E-state index in [1.54, 1.807) is 6.20 Å². The second-order valence-corrected chi connectivity index (χ2v) is 7.40. The molecule has 3 heterocycles. The Hall–Kier alpha value is -3.12. The van der Waals surface area contributed by atoms with E-state index in [0.717, 1.165) is 54.9 Å². The van der Waals surface area contributed by atoms with Crippen molar-refractivity contribution < 1.29 is 0 Å². The maximum Gasteiger partial charge on any atom is 0.282 e. The number of hydrogen-bond acceptors (Lipinski definition) is 4. The van der Waals surface area contributed by atoms with Crippen molar-refractivity contribution >= 4 is 16.6 Å². The van der Waals surface area contributed by atoms with E-state index in [0.29, 0.717) is 5.56 Å². The smallest absolute Gasteiger partial charge is 0.282 e. The number of aryl methyl sites for hydroxylation is 1. The van der Waals surface area contributed by atoms with Gasteiger partial charge in [-0.3, -0.25) is 4.79 Å². The van der Waals surface area contributed by atoms with Crippen molar-refractivity contribution in [2.45, 2.75) is 13.3 Å². The lowest BCUT2D eigenvalue weighted by Gasteiger charge is -2.24. The molecule has 1 fully saturated rings. The number of benzene rings is 2. The number of nitrogens with one attached hydrogen (secondary N) is 2. The topological polar surface area (TPSA) is 65.9 Å². The van der Waals surface area contributed by atoms with Crippen LogP contribution in [0.25, 0.3) is 27.8 Å². The van der Waals surface area contributed by atoms with E-state index in [4.69, 9.17) is 5.10 Å². The molecule has 0 bridgehead atoms. The number of hydrogen-bond donors (Lipinski definition) is 2. The first-order valence-electron chi connectivity index (χ1n) is 9.78. The molecule has 142 valence electrons. The number of pyridine rings is 1. The standard InChI is InChI=1S/C22H23N5O/c1-15-12-17-20-18(22(28)27(25-20)16-6-3-2-4-7-16)14-24-21(17)19(13-15)26-10-5-8-23-9-11-26/h2-4,6-7,12-14,23-24H,5,8-11H2,1H3.